The largest absolute Gasteiger partial charge is 0.497 e. The van der Waals surface area contributed by atoms with Crippen molar-refractivity contribution in [2.45, 2.75) is 23.7 Å². The van der Waals surface area contributed by atoms with Gasteiger partial charge in [-0.15, -0.1) is 11.8 Å². The van der Waals surface area contributed by atoms with Gasteiger partial charge in [0.1, 0.15) is 5.75 Å². The Balaban J connectivity index is 1.81. The quantitative estimate of drug-likeness (QED) is 0.813. The van der Waals surface area contributed by atoms with Gasteiger partial charge < -0.3 is 9.64 Å². The number of ether oxygens (including phenoxy) is 1. The minimum absolute atomic E-state index is 0.744. The minimum Gasteiger partial charge on any atom is -0.497 e. The van der Waals surface area contributed by atoms with E-state index < -0.39 is 0 Å². The van der Waals surface area contributed by atoms with E-state index in [4.69, 9.17) is 4.74 Å². The highest BCUT2D eigenvalue weighted by Gasteiger charge is 2.32. The van der Waals surface area contributed by atoms with Crippen LogP contribution in [0.4, 0.5) is 0 Å². The average Bonchev–Trinajstić information content (AvgIpc) is 2.82. The van der Waals surface area contributed by atoms with Crippen LogP contribution in [0.3, 0.4) is 0 Å². The highest BCUT2D eigenvalue weighted by atomic mass is 32.2. The van der Waals surface area contributed by atoms with E-state index in [-0.39, 0.29) is 0 Å². The number of fused-ring (bicyclic) bond motifs is 1. The van der Waals surface area contributed by atoms with E-state index in [0.717, 1.165) is 17.6 Å². The standard InChI is InChI=1S/C15H21NOS/c1-16-7-5-11(6-8-16)14-10-18-15-4-3-12(17-2)9-13(14)15/h3-4,9,11,14H,5-8,10H2,1-2H3. The molecule has 98 valence electrons. The zero-order chi connectivity index (χ0) is 12.5. The van der Waals surface area contributed by atoms with Crippen LogP contribution in [0.2, 0.25) is 0 Å². The summed E-state index contributed by atoms with van der Waals surface area (Å²) in [7, 11) is 3.99. The highest BCUT2D eigenvalue weighted by Crippen LogP contribution is 2.47. The van der Waals surface area contributed by atoms with Gasteiger partial charge in [0.05, 0.1) is 7.11 Å². The summed E-state index contributed by atoms with van der Waals surface area (Å²) in [5.41, 5.74) is 1.54. The first kappa shape index (κ1) is 12.4. The predicted molar refractivity (Wildman–Crippen MR) is 76.7 cm³/mol. The van der Waals surface area contributed by atoms with Crippen molar-refractivity contribution in [1.82, 2.24) is 4.90 Å². The molecule has 18 heavy (non-hydrogen) atoms. The lowest BCUT2D eigenvalue weighted by molar-refractivity contribution is 0.204. The van der Waals surface area contributed by atoms with E-state index in [1.54, 1.807) is 7.11 Å². The summed E-state index contributed by atoms with van der Waals surface area (Å²) in [6, 6.07) is 6.58. The zero-order valence-corrected chi connectivity index (χ0v) is 12.0. The fourth-order valence-electron chi connectivity index (χ4n) is 3.17. The first-order chi connectivity index (χ1) is 8.78. The molecule has 1 aromatic carbocycles. The lowest BCUT2D eigenvalue weighted by Crippen LogP contribution is -2.32. The number of benzene rings is 1. The lowest BCUT2D eigenvalue weighted by atomic mass is 9.81. The number of hydrogen-bond acceptors (Lipinski definition) is 3. The molecule has 1 saturated heterocycles. The third kappa shape index (κ3) is 2.26. The molecule has 0 aliphatic carbocycles. The van der Waals surface area contributed by atoms with Crippen LogP contribution in [-0.4, -0.2) is 37.9 Å². The summed E-state index contributed by atoms with van der Waals surface area (Å²) in [4.78, 5) is 3.92. The maximum absolute atomic E-state index is 5.37. The van der Waals surface area contributed by atoms with Gasteiger partial charge in [0, 0.05) is 10.6 Å². The van der Waals surface area contributed by atoms with Crippen LogP contribution >= 0.6 is 11.8 Å². The number of hydrogen-bond donors (Lipinski definition) is 0. The second kappa shape index (κ2) is 5.14. The number of thioether (sulfide) groups is 1. The van der Waals surface area contributed by atoms with E-state index in [2.05, 4.69) is 30.1 Å². The molecule has 1 fully saturated rings. The molecule has 0 bridgehead atoms. The van der Waals surface area contributed by atoms with Gasteiger partial charge in [-0.1, -0.05) is 0 Å². The van der Waals surface area contributed by atoms with Crippen molar-refractivity contribution in [3.8, 4) is 5.75 Å². The molecular weight excluding hydrogens is 242 g/mol. The second-order valence-electron chi connectivity index (χ2n) is 5.46. The highest BCUT2D eigenvalue weighted by molar-refractivity contribution is 7.99. The normalized spacial score (nSPS) is 25.1. The van der Waals surface area contributed by atoms with Gasteiger partial charge in [-0.05, 0) is 68.6 Å². The number of methoxy groups -OCH3 is 1. The number of piperidine rings is 1. The Labute approximate surface area is 114 Å². The monoisotopic (exact) mass is 263 g/mol. The molecule has 0 amide bonds. The molecule has 2 heterocycles. The molecule has 2 aliphatic heterocycles. The maximum atomic E-state index is 5.37. The van der Waals surface area contributed by atoms with Crippen LogP contribution in [-0.2, 0) is 0 Å². The van der Waals surface area contributed by atoms with Crippen LogP contribution in [0.15, 0.2) is 23.1 Å². The molecule has 0 radical (unpaired) electrons. The lowest BCUT2D eigenvalue weighted by Gasteiger charge is -2.32. The molecular formula is C15H21NOS. The maximum Gasteiger partial charge on any atom is 0.119 e. The Bertz CT molecular complexity index is 427. The van der Waals surface area contributed by atoms with E-state index in [9.17, 15) is 0 Å². The Morgan fingerprint density at radius 2 is 2.06 bits per heavy atom. The van der Waals surface area contributed by atoms with Crippen LogP contribution in [0, 0.1) is 5.92 Å². The second-order valence-corrected chi connectivity index (χ2v) is 6.52. The fourth-order valence-corrected chi connectivity index (χ4v) is 4.52. The van der Waals surface area contributed by atoms with Gasteiger partial charge in [-0.3, -0.25) is 0 Å². The van der Waals surface area contributed by atoms with Crippen molar-refractivity contribution in [3.63, 3.8) is 0 Å². The third-order valence-electron chi connectivity index (χ3n) is 4.37. The number of rotatable bonds is 2. The fraction of sp³-hybridized carbons (Fsp3) is 0.600. The Morgan fingerprint density at radius 3 is 2.78 bits per heavy atom. The van der Waals surface area contributed by atoms with Crippen molar-refractivity contribution in [2.24, 2.45) is 5.92 Å². The summed E-state index contributed by atoms with van der Waals surface area (Å²) in [5, 5.41) is 0. The van der Waals surface area contributed by atoms with Crippen molar-refractivity contribution in [3.05, 3.63) is 23.8 Å². The molecule has 3 heteroatoms. The molecule has 1 unspecified atom stereocenters. The van der Waals surface area contributed by atoms with Crippen molar-refractivity contribution < 1.29 is 4.74 Å². The summed E-state index contributed by atoms with van der Waals surface area (Å²) in [6.07, 6.45) is 2.69. The molecule has 2 nitrogen and oxygen atoms in total. The van der Waals surface area contributed by atoms with E-state index in [0.29, 0.717) is 0 Å². The molecule has 0 aromatic heterocycles. The molecule has 2 aliphatic rings. The number of likely N-dealkylation sites (tertiary alicyclic amines) is 1. The van der Waals surface area contributed by atoms with Crippen LogP contribution in [0.1, 0.15) is 24.3 Å². The Kier molecular flexibility index (Phi) is 3.53. The first-order valence-corrected chi connectivity index (χ1v) is 7.76. The molecule has 3 rings (SSSR count). The molecule has 1 aromatic rings. The average molecular weight is 263 g/mol. The Morgan fingerprint density at radius 1 is 1.28 bits per heavy atom. The van der Waals surface area contributed by atoms with Crippen molar-refractivity contribution >= 4 is 11.8 Å². The van der Waals surface area contributed by atoms with Gasteiger partial charge in [0.15, 0.2) is 0 Å². The predicted octanol–water partition coefficient (Wildman–Crippen LogP) is 3.23. The van der Waals surface area contributed by atoms with Crippen molar-refractivity contribution in [2.75, 3.05) is 33.0 Å². The van der Waals surface area contributed by atoms with Gasteiger partial charge in [0.25, 0.3) is 0 Å². The summed E-state index contributed by atoms with van der Waals surface area (Å²) < 4.78 is 5.37. The van der Waals surface area contributed by atoms with Crippen molar-refractivity contribution in [1.29, 1.82) is 0 Å². The summed E-state index contributed by atoms with van der Waals surface area (Å²) in [5.74, 6) is 3.88. The van der Waals surface area contributed by atoms with Gasteiger partial charge in [-0.25, -0.2) is 0 Å². The SMILES string of the molecule is COc1ccc2c(c1)C(C1CCN(C)CC1)CS2. The molecule has 0 spiro atoms. The minimum atomic E-state index is 0.744. The van der Waals surface area contributed by atoms with Crippen LogP contribution < -0.4 is 4.74 Å². The topological polar surface area (TPSA) is 12.5 Å². The van der Waals surface area contributed by atoms with E-state index >= 15 is 0 Å². The van der Waals surface area contributed by atoms with Crippen LogP contribution in [0.25, 0.3) is 0 Å². The third-order valence-corrected chi connectivity index (χ3v) is 5.58. The van der Waals surface area contributed by atoms with Crippen LogP contribution in [0.5, 0.6) is 5.75 Å². The van der Waals surface area contributed by atoms with E-state index in [1.807, 2.05) is 11.8 Å². The summed E-state index contributed by atoms with van der Waals surface area (Å²) >= 11 is 2.02. The zero-order valence-electron chi connectivity index (χ0n) is 11.2. The van der Waals surface area contributed by atoms with Gasteiger partial charge >= 0.3 is 0 Å². The number of nitrogens with zero attached hydrogens (tertiary/aromatic N) is 1. The van der Waals surface area contributed by atoms with Gasteiger partial charge in [-0.2, -0.15) is 0 Å². The first-order valence-electron chi connectivity index (χ1n) is 6.77. The smallest absolute Gasteiger partial charge is 0.119 e. The molecule has 0 saturated carbocycles. The molecule has 0 N–H and O–H groups in total. The summed E-state index contributed by atoms with van der Waals surface area (Å²) in [6.45, 7) is 2.51. The van der Waals surface area contributed by atoms with Gasteiger partial charge in [0.2, 0.25) is 0 Å². The molecule has 1 atom stereocenters. The Hall–Kier alpha value is -0.670. The van der Waals surface area contributed by atoms with E-state index in [1.165, 1.54) is 42.1 Å².